The summed E-state index contributed by atoms with van der Waals surface area (Å²) in [5.41, 5.74) is 0. The maximum Gasteiger partial charge on any atom is 0.149 e. The highest BCUT2D eigenvalue weighted by atomic mass is 16.5. The van der Waals surface area contributed by atoms with Gasteiger partial charge >= 0.3 is 0 Å². The lowest BCUT2D eigenvalue weighted by Gasteiger charge is -2.29. The Labute approximate surface area is 110 Å². The van der Waals surface area contributed by atoms with E-state index >= 15 is 0 Å². The molecule has 2 heterocycles. The SMILES string of the molecule is CCC(=O)C1CC2C3CCCCC3OC2N1CC. The number of hydrogen-bond donors (Lipinski definition) is 0. The summed E-state index contributed by atoms with van der Waals surface area (Å²) in [5.74, 6) is 1.76. The molecule has 0 amide bonds. The largest absolute Gasteiger partial charge is 0.359 e. The molecule has 2 saturated heterocycles. The first-order chi connectivity index (χ1) is 8.76. The van der Waals surface area contributed by atoms with E-state index in [-0.39, 0.29) is 12.3 Å². The summed E-state index contributed by atoms with van der Waals surface area (Å²) in [5, 5.41) is 0. The molecule has 3 rings (SSSR count). The van der Waals surface area contributed by atoms with Crippen LogP contribution in [0.1, 0.15) is 52.4 Å². The van der Waals surface area contributed by atoms with Crippen molar-refractivity contribution in [3.63, 3.8) is 0 Å². The van der Waals surface area contributed by atoms with Crippen LogP contribution in [0.25, 0.3) is 0 Å². The highest BCUT2D eigenvalue weighted by Gasteiger charge is 2.54. The van der Waals surface area contributed by atoms with E-state index in [0.29, 0.717) is 24.2 Å². The van der Waals surface area contributed by atoms with Gasteiger partial charge in [0.05, 0.1) is 12.1 Å². The van der Waals surface area contributed by atoms with Gasteiger partial charge in [0.2, 0.25) is 0 Å². The van der Waals surface area contributed by atoms with E-state index in [1.807, 2.05) is 6.92 Å². The Morgan fingerprint density at radius 1 is 1.22 bits per heavy atom. The number of Topliss-reactive ketones (excluding diaryl/α,β-unsaturated/α-hetero) is 1. The highest BCUT2D eigenvalue weighted by Crippen LogP contribution is 2.49. The summed E-state index contributed by atoms with van der Waals surface area (Å²) in [6.07, 6.45) is 7.67. The van der Waals surface area contributed by atoms with Crippen molar-refractivity contribution in [1.29, 1.82) is 0 Å². The molecule has 0 aromatic carbocycles. The summed E-state index contributed by atoms with van der Waals surface area (Å²) in [6.45, 7) is 5.08. The van der Waals surface area contributed by atoms with Gasteiger partial charge in [0.25, 0.3) is 0 Å². The first-order valence-electron chi connectivity index (χ1n) is 7.70. The zero-order chi connectivity index (χ0) is 12.7. The van der Waals surface area contributed by atoms with Gasteiger partial charge in [-0.15, -0.1) is 0 Å². The Bertz CT molecular complexity index is 330. The number of likely N-dealkylation sites (N-methyl/N-ethyl adjacent to an activating group) is 1. The molecular weight excluding hydrogens is 226 g/mol. The molecule has 3 fully saturated rings. The summed E-state index contributed by atoms with van der Waals surface area (Å²) >= 11 is 0. The second-order valence-corrected chi connectivity index (χ2v) is 6.08. The van der Waals surface area contributed by atoms with E-state index < -0.39 is 0 Å². The molecule has 18 heavy (non-hydrogen) atoms. The van der Waals surface area contributed by atoms with E-state index in [0.717, 1.165) is 18.9 Å². The Morgan fingerprint density at radius 3 is 2.72 bits per heavy atom. The van der Waals surface area contributed by atoms with Crippen LogP contribution in [0.2, 0.25) is 0 Å². The smallest absolute Gasteiger partial charge is 0.149 e. The summed E-state index contributed by atoms with van der Waals surface area (Å²) in [4.78, 5) is 14.4. The van der Waals surface area contributed by atoms with E-state index in [9.17, 15) is 4.79 Å². The van der Waals surface area contributed by atoms with Crippen molar-refractivity contribution in [2.75, 3.05) is 6.54 Å². The number of rotatable bonds is 3. The van der Waals surface area contributed by atoms with E-state index in [1.165, 1.54) is 25.7 Å². The molecule has 3 nitrogen and oxygen atoms in total. The van der Waals surface area contributed by atoms with Crippen LogP contribution in [-0.4, -0.2) is 35.6 Å². The third-order valence-electron chi connectivity index (χ3n) is 5.29. The molecular formula is C15H25NO2. The minimum atomic E-state index is 0.137. The lowest BCUT2D eigenvalue weighted by atomic mass is 9.78. The molecule has 2 aliphatic heterocycles. The Balaban J connectivity index is 1.78. The van der Waals surface area contributed by atoms with Crippen molar-refractivity contribution in [2.24, 2.45) is 11.8 Å². The zero-order valence-corrected chi connectivity index (χ0v) is 11.6. The Kier molecular flexibility index (Phi) is 3.46. The third-order valence-corrected chi connectivity index (χ3v) is 5.29. The second kappa shape index (κ2) is 4.93. The molecule has 102 valence electrons. The molecule has 0 radical (unpaired) electrons. The fraction of sp³-hybridized carbons (Fsp3) is 0.933. The van der Waals surface area contributed by atoms with Crippen molar-refractivity contribution in [1.82, 2.24) is 4.90 Å². The molecule has 5 unspecified atom stereocenters. The topological polar surface area (TPSA) is 29.5 Å². The molecule has 3 aliphatic rings. The highest BCUT2D eigenvalue weighted by molar-refractivity contribution is 5.84. The lowest BCUT2D eigenvalue weighted by Crippen LogP contribution is -2.41. The fourth-order valence-corrected chi connectivity index (χ4v) is 4.41. The Morgan fingerprint density at radius 2 is 2.00 bits per heavy atom. The zero-order valence-electron chi connectivity index (χ0n) is 11.6. The van der Waals surface area contributed by atoms with Crippen LogP contribution in [0.15, 0.2) is 0 Å². The van der Waals surface area contributed by atoms with Crippen molar-refractivity contribution >= 4 is 5.78 Å². The van der Waals surface area contributed by atoms with Crippen LogP contribution in [0.4, 0.5) is 0 Å². The standard InChI is InChI=1S/C15H25NO2/c1-3-13(17)12-9-11-10-7-5-6-8-14(10)18-15(11)16(12)4-2/h10-12,14-15H,3-9H2,1-2H3. The van der Waals surface area contributed by atoms with Crippen LogP contribution in [-0.2, 0) is 9.53 Å². The first-order valence-corrected chi connectivity index (χ1v) is 7.70. The average Bonchev–Trinajstić information content (AvgIpc) is 2.93. The molecule has 0 N–H and O–H groups in total. The molecule has 0 aromatic heterocycles. The molecule has 0 spiro atoms. The maximum atomic E-state index is 12.1. The molecule has 5 atom stereocenters. The van der Waals surface area contributed by atoms with Gasteiger partial charge in [0.1, 0.15) is 12.0 Å². The van der Waals surface area contributed by atoms with Gasteiger partial charge in [0.15, 0.2) is 0 Å². The van der Waals surface area contributed by atoms with Gasteiger partial charge in [-0.05, 0) is 31.7 Å². The summed E-state index contributed by atoms with van der Waals surface area (Å²) in [6, 6.07) is 0.137. The molecule has 1 aliphatic carbocycles. The summed E-state index contributed by atoms with van der Waals surface area (Å²) in [7, 11) is 0. The van der Waals surface area contributed by atoms with Crippen molar-refractivity contribution in [3.05, 3.63) is 0 Å². The van der Waals surface area contributed by atoms with Gasteiger partial charge in [-0.1, -0.05) is 26.7 Å². The van der Waals surface area contributed by atoms with Crippen LogP contribution in [0, 0.1) is 11.8 Å². The molecule has 1 saturated carbocycles. The molecule has 0 aromatic rings. The predicted octanol–water partition coefficient (Wildman–Crippen LogP) is 2.59. The quantitative estimate of drug-likeness (QED) is 0.772. The molecule has 0 bridgehead atoms. The monoisotopic (exact) mass is 251 g/mol. The van der Waals surface area contributed by atoms with Crippen LogP contribution >= 0.6 is 0 Å². The number of nitrogens with zero attached hydrogens (tertiary/aromatic N) is 1. The Hall–Kier alpha value is -0.410. The normalized spacial score (nSPS) is 43.8. The number of hydrogen-bond acceptors (Lipinski definition) is 3. The second-order valence-electron chi connectivity index (χ2n) is 6.08. The van der Waals surface area contributed by atoms with E-state index in [4.69, 9.17) is 4.74 Å². The van der Waals surface area contributed by atoms with Crippen molar-refractivity contribution < 1.29 is 9.53 Å². The fourth-order valence-electron chi connectivity index (χ4n) is 4.41. The number of likely N-dealkylation sites (tertiary alicyclic amines) is 1. The van der Waals surface area contributed by atoms with Gasteiger partial charge in [0, 0.05) is 12.3 Å². The van der Waals surface area contributed by atoms with Crippen molar-refractivity contribution in [2.45, 2.75) is 70.7 Å². The van der Waals surface area contributed by atoms with E-state index in [1.54, 1.807) is 0 Å². The third kappa shape index (κ3) is 1.83. The summed E-state index contributed by atoms with van der Waals surface area (Å²) < 4.78 is 6.29. The minimum Gasteiger partial charge on any atom is -0.359 e. The lowest BCUT2D eigenvalue weighted by molar-refractivity contribution is -0.128. The van der Waals surface area contributed by atoms with Gasteiger partial charge in [-0.3, -0.25) is 9.69 Å². The number of carbonyl (C=O) groups is 1. The van der Waals surface area contributed by atoms with Crippen LogP contribution < -0.4 is 0 Å². The predicted molar refractivity (Wildman–Crippen MR) is 70.2 cm³/mol. The minimum absolute atomic E-state index is 0.137. The number of fused-ring (bicyclic) bond motifs is 3. The molecule has 3 heteroatoms. The van der Waals surface area contributed by atoms with Crippen LogP contribution in [0.5, 0.6) is 0 Å². The van der Waals surface area contributed by atoms with E-state index in [2.05, 4.69) is 11.8 Å². The van der Waals surface area contributed by atoms with Gasteiger partial charge in [-0.2, -0.15) is 0 Å². The number of carbonyl (C=O) groups excluding carboxylic acids is 1. The number of ether oxygens (including phenoxy) is 1. The average molecular weight is 251 g/mol. The maximum absolute atomic E-state index is 12.1. The van der Waals surface area contributed by atoms with Gasteiger partial charge in [-0.25, -0.2) is 0 Å². The number of ketones is 1. The first kappa shape index (κ1) is 12.6. The van der Waals surface area contributed by atoms with Crippen LogP contribution in [0.3, 0.4) is 0 Å². The van der Waals surface area contributed by atoms with Crippen molar-refractivity contribution in [3.8, 4) is 0 Å². The van der Waals surface area contributed by atoms with Gasteiger partial charge < -0.3 is 4.74 Å².